The van der Waals surface area contributed by atoms with Crippen LogP contribution in [0.5, 0.6) is 5.75 Å². The van der Waals surface area contributed by atoms with Gasteiger partial charge < -0.3 is 10.1 Å². The van der Waals surface area contributed by atoms with Crippen LogP contribution in [-0.2, 0) is 11.3 Å². The van der Waals surface area contributed by atoms with Gasteiger partial charge in [-0.1, -0.05) is 23.9 Å². The molecule has 1 N–H and O–H groups in total. The van der Waals surface area contributed by atoms with Crippen LogP contribution in [-0.4, -0.2) is 33.5 Å². The molecule has 2 heterocycles. The molecule has 0 aliphatic carbocycles. The Kier molecular flexibility index (Phi) is 6.89. The molecule has 3 aromatic rings. The van der Waals surface area contributed by atoms with Gasteiger partial charge in [-0.2, -0.15) is 0 Å². The van der Waals surface area contributed by atoms with E-state index in [-0.39, 0.29) is 17.7 Å². The highest BCUT2D eigenvalue weighted by atomic mass is 32.2. The average molecular weight is 415 g/mol. The summed E-state index contributed by atoms with van der Waals surface area (Å²) in [5.74, 6) is 1.75. The topological polar surface area (TPSA) is 69.0 Å². The van der Waals surface area contributed by atoms with Crippen molar-refractivity contribution in [3.05, 3.63) is 59.3 Å². The fourth-order valence-corrected chi connectivity index (χ4v) is 4.16. The van der Waals surface area contributed by atoms with E-state index in [9.17, 15) is 4.79 Å². The SMILES string of the molecule is C=CCn1c(SCC(=O)N[C@@H](C)c2cccs2)nnc1-c1ccc(OC)cc1. The van der Waals surface area contributed by atoms with Gasteiger partial charge in [0.2, 0.25) is 5.91 Å². The molecule has 1 atom stereocenters. The molecule has 1 amide bonds. The minimum atomic E-state index is -0.0370. The molecular weight excluding hydrogens is 392 g/mol. The molecule has 0 aliphatic rings. The van der Waals surface area contributed by atoms with Gasteiger partial charge in [0.05, 0.1) is 18.9 Å². The summed E-state index contributed by atoms with van der Waals surface area (Å²) in [6, 6.07) is 11.6. The number of methoxy groups -OCH3 is 1. The number of benzene rings is 1. The molecule has 2 aromatic heterocycles. The lowest BCUT2D eigenvalue weighted by molar-refractivity contribution is -0.119. The van der Waals surface area contributed by atoms with Crippen molar-refractivity contribution in [2.75, 3.05) is 12.9 Å². The van der Waals surface area contributed by atoms with Crippen molar-refractivity contribution < 1.29 is 9.53 Å². The molecule has 28 heavy (non-hydrogen) atoms. The zero-order valence-corrected chi connectivity index (χ0v) is 17.4. The maximum atomic E-state index is 12.3. The van der Waals surface area contributed by atoms with Crippen LogP contribution in [0.4, 0.5) is 0 Å². The molecule has 0 fully saturated rings. The number of aromatic nitrogens is 3. The van der Waals surface area contributed by atoms with E-state index in [0.717, 1.165) is 22.0 Å². The number of carbonyl (C=O) groups excluding carboxylic acids is 1. The molecule has 6 nitrogen and oxygen atoms in total. The van der Waals surface area contributed by atoms with Crippen LogP contribution in [0.3, 0.4) is 0 Å². The van der Waals surface area contributed by atoms with E-state index in [1.54, 1.807) is 24.5 Å². The van der Waals surface area contributed by atoms with Crippen molar-refractivity contribution in [2.24, 2.45) is 0 Å². The minimum absolute atomic E-state index is 0.00555. The number of nitrogens with zero attached hydrogens (tertiary/aromatic N) is 3. The molecule has 0 spiro atoms. The first-order valence-corrected chi connectivity index (χ1v) is 10.6. The third-order valence-corrected chi connectivity index (χ3v) is 6.08. The van der Waals surface area contributed by atoms with E-state index in [4.69, 9.17) is 4.74 Å². The molecule has 3 rings (SSSR count). The Morgan fingerprint density at radius 2 is 2.14 bits per heavy atom. The van der Waals surface area contributed by atoms with Crippen molar-refractivity contribution in [1.29, 1.82) is 0 Å². The first-order valence-electron chi connectivity index (χ1n) is 8.76. The lowest BCUT2D eigenvalue weighted by atomic mass is 10.2. The molecular formula is C20H22N4O2S2. The number of thioether (sulfide) groups is 1. The number of allylic oxidation sites excluding steroid dienone is 1. The van der Waals surface area contributed by atoms with Crippen molar-refractivity contribution in [3.8, 4) is 17.1 Å². The quantitative estimate of drug-likeness (QED) is 0.420. The van der Waals surface area contributed by atoms with Gasteiger partial charge >= 0.3 is 0 Å². The Hall–Kier alpha value is -2.58. The van der Waals surface area contributed by atoms with Gasteiger partial charge in [-0.3, -0.25) is 9.36 Å². The van der Waals surface area contributed by atoms with E-state index in [1.165, 1.54) is 11.8 Å². The van der Waals surface area contributed by atoms with Crippen LogP contribution in [0, 0.1) is 0 Å². The van der Waals surface area contributed by atoms with Crippen LogP contribution in [0.1, 0.15) is 17.8 Å². The molecule has 146 valence electrons. The monoisotopic (exact) mass is 414 g/mol. The van der Waals surface area contributed by atoms with E-state index >= 15 is 0 Å². The van der Waals surface area contributed by atoms with Crippen LogP contribution in [0.15, 0.2) is 59.6 Å². The summed E-state index contributed by atoms with van der Waals surface area (Å²) in [6.07, 6.45) is 1.79. The zero-order valence-electron chi connectivity index (χ0n) is 15.8. The lowest BCUT2D eigenvalue weighted by Gasteiger charge is -2.12. The van der Waals surface area contributed by atoms with Gasteiger partial charge in [0.25, 0.3) is 0 Å². The highest BCUT2D eigenvalue weighted by molar-refractivity contribution is 7.99. The second-order valence-electron chi connectivity index (χ2n) is 6.03. The Labute approximate surface area is 172 Å². The van der Waals surface area contributed by atoms with Gasteiger partial charge in [-0.05, 0) is 42.6 Å². The van der Waals surface area contributed by atoms with Crippen molar-refractivity contribution in [3.63, 3.8) is 0 Å². The smallest absolute Gasteiger partial charge is 0.230 e. The van der Waals surface area contributed by atoms with E-state index in [1.807, 2.05) is 53.3 Å². The number of hydrogen-bond donors (Lipinski definition) is 1. The largest absolute Gasteiger partial charge is 0.497 e. The van der Waals surface area contributed by atoms with Crippen LogP contribution in [0.25, 0.3) is 11.4 Å². The van der Waals surface area contributed by atoms with Crippen molar-refractivity contribution >= 4 is 29.0 Å². The van der Waals surface area contributed by atoms with Gasteiger partial charge in [-0.25, -0.2) is 0 Å². The highest BCUT2D eigenvalue weighted by Gasteiger charge is 2.16. The summed E-state index contributed by atoms with van der Waals surface area (Å²) in [5.41, 5.74) is 0.928. The first kappa shape index (κ1) is 20.2. The minimum Gasteiger partial charge on any atom is -0.497 e. The van der Waals surface area contributed by atoms with E-state index < -0.39 is 0 Å². The summed E-state index contributed by atoms with van der Waals surface area (Å²) in [5, 5.41) is 14.3. The zero-order chi connectivity index (χ0) is 19.9. The molecule has 1 aromatic carbocycles. The first-order chi connectivity index (χ1) is 13.6. The molecule has 0 bridgehead atoms. The number of rotatable bonds is 9. The predicted octanol–water partition coefficient (Wildman–Crippen LogP) is 4.17. The van der Waals surface area contributed by atoms with Crippen LogP contribution < -0.4 is 10.1 Å². The van der Waals surface area contributed by atoms with Crippen LogP contribution >= 0.6 is 23.1 Å². The Morgan fingerprint density at radius 3 is 2.79 bits per heavy atom. The van der Waals surface area contributed by atoms with Crippen LogP contribution in [0.2, 0.25) is 0 Å². The van der Waals surface area contributed by atoms with Gasteiger partial charge in [0, 0.05) is 17.0 Å². The predicted molar refractivity (Wildman–Crippen MR) is 114 cm³/mol. The summed E-state index contributed by atoms with van der Waals surface area (Å²) in [6.45, 7) is 6.36. The van der Waals surface area contributed by atoms with Crippen molar-refractivity contribution in [1.82, 2.24) is 20.1 Å². The maximum Gasteiger partial charge on any atom is 0.230 e. The summed E-state index contributed by atoms with van der Waals surface area (Å²) in [4.78, 5) is 13.5. The summed E-state index contributed by atoms with van der Waals surface area (Å²) in [7, 11) is 1.63. The fraction of sp³-hybridized carbons (Fsp3) is 0.250. The third kappa shape index (κ3) is 4.82. The van der Waals surface area contributed by atoms with E-state index in [2.05, 4.69) is 22.1 Å². The molecule has 0 unspecified atom stereocenters. The Morgan fingerprint density at radius 1 is 1.36 bits per heavy atom. The summed E-state index contributed by atoms with van der Waals surface area (Å²) >= 11 is 3.00. The number of amides is 1. The molecule has 0 aliphatic heterocycles. The normalized spacial score (nSPS) is 11.8. The number of carbonyl (C=O) groups is 1. The van der Waals surface area contributed by atoms with Crippen molar-refractivity contribution in [2.45, 2.75) is 24.7 Å². The summed E-state index contributed by atoms with van der Waals surface area (Å²) < 4.78 is 7.16. The number of nitrogens with one attached hydrogen (secondary N) is 1. The average Bonchev–Trinajstić information content (AvgIpc) is 3.37. The molecule has 0 saturated heterocycles. The van der Waals surface area contributed by atoms with Gasteiger partial charge in [-0.15, -0.1) is 28.1 Å². The Bertz CT molecular complexity index is 920. The second kappa shape index (κ2) is 9.57. The maximum absolute atomic E-state index is 12.3. The van der Waals surface area contributed by atoms with Gasteiger partial charge in [0.15, 0.2) is 11.0 Å². The number of thiophene rings is 1. The Balaban J connectivity index is 1.68. The van der Waals surface area contributed by atoms with Gasteiger partial charge in [0.1, 0.15) is 5.75 Å². The second-order valence-corrected chi connectivity index (χ2v) is 7.95. The lowest BCUT2D eigenvalue weighted by Crippen LogP contribution is -2.27. The molecule has 0 saturated carbocycles. The number of ether oxygens (including phenoxy) is 1. The standard InChI is InChI=1S/C20H22N4O2S2/c1-4-11-24-19(15-7-9-16(26-3)10-8-15)22-23-20(24)28-13-18(25)21-14(2)17-6-5-12-27-17/h4-10,12,14H,1,11,13H2,2-3H3,(H,21,25)/t14-/m0/s1. The molecule has 0 radical (unpaired) electrons. The highest BCUT2D eigenvalue weighted by Crippen LogP contribution is 2.26. The third-order valence-electron chi connectivity index (χ3n) is 4.06. The van der Waals surface area contributed by atoms with E-state index in [0.29, 0.717) is 11.7 Å². The fourth-order valence-electron chi connectivity index (χ4n) is 2.66. The number of hydrogen-bond acceptors (Lipinski definition) is 6. The molecule has 8 heteroatoms.